The van der Waals surface area contributed by atoms with Gasteiger partial charge in [-0.05, 0) is 31.0 Å². The fourth-order valence-electron chi connectivity index (χ4n) is 2.10. The minimum atomic E-state index is 0.376. The SMILES string of the molecule is CCCCC(C)C.Cc1cccc(/N=C/c2cnc(CN)cc2N)n1. The maximum Gasteiger partial charge on any atom is 0.152 e. The van der Waals surface area contributed by atoms with E-state index in [1.54, 1.807) is 18.5 Å². The molecule has 2 heterocycles. The van der Waals surface area contributed by atoms with Crippen molar-refractivity contribution in [3.8, 4) is 0 Å². The summed E-state index contributed by atoms with van der Waals surface area (Å²) in [5.41, 5.74) is 14.4. The van der Waals surface area contributed by atoms with E-state index in [1.807, 2.05) is 25.1 Å². The molecule has 0 amide bonds. The Balaban J connectivity index is 0.000000381. The van der Waals surface area contributed by atoms with Crippen LogP contribution in [-0.2, 0) is 6.54 Å². The Bertz CT molecular complexity index is 665. The number of pyridine rings is 2. The highest BCUT2D eigenvalue weighted by Crippen LogP contribution is 2.12. The van der Waals surface area contributed by atoms with Crippen LogP contribution in [-0.4, -0.2) is 16.2 Å². The van der Waals surface area contributed by atoms with Crippen molar-refractivity contribution in [3.63, 3.8) is 0 Å². The van der Waals surface area contributed by atoms with Crippen LogP contribution in [0.15, 0.2) is 35.5 Å². The van der Waals surface area contributed by atoms with Crippen LogP contribution in [0.2, 0.25) is 0 Å². The molecule has 2 rings (SSSR count). The van der Waals surface area contributed by atoms with E-state index in [9.17, 15) is 0 Å². The third-order valence-electron chi connectivity index (χ3n) is 3.58. The van der Waals surface area contributed by atoms with Crippen molar-refractivity contribution in [2.45, 2.75) is 53.5 Å². The topological polar surface area (TPSA) is 90.2 Å². The summed E-state index contributed by atoms with van der Waals surface area (Å²) in [6.07, 6.45) is 7.47. The Labute approximate surface area is 151 Å². The molecule has 0 unspecified atom stereocenters. The van der Waals surface area contributed by atoms with E-state index < -0.39 is 0 Å². The summed E-state index contributed by atoms with van der Waals surface area (Å²) in [5, 5.41) is 0. The van der Waals surface area contributed by atoms with Crippen LogP contribution < -0.4 is 11.5 Å². The summed E-state index contributed by atoms with van der Waals surface area (Å²) < 4.78 is 0. The third kappa shape index (κ3) is 8.40. The minimum Gasteiger partial charge on any atom is -0.398 e. The molecule has 0 aliphatic rings. The highest BCUT2D eigenvalue weighted by Gasteiger charge is 1.99. The molecule has 5 nitrogen and oxygen atoms in total. The average Bonchev–Trinajstić information content (AvgIpc) is 2.59. The molecule has 136 valence electrons. The lowest BCUT2D eigenvalue weighted by atomic mass is 10.1. The molecule has 2 aromatic rings. The standard InChI is InChI=1S/C13H15N5.C7H16/c1-9-3-2-4-13(18-9)17-8-10-7-16-11(6-14)5-12(10)15;1-4-5-6-7(2)3/h2-5,7-8H,6,14H2,1H3,(H2,15,16);7H,4-6H2,1-3H3/b17-8+;. The van der Waals surface area contributed by atoms with Crippen LogP contribution in [0, 0.1) is 12.8 Å². The Kier molecular flexibility index (Phi) is 9.40. The smallest absolute Gasteiger partial charge is 0.152 e. The summed E-state index contributed by atoms with van der Waals surface area (Å²) in [4.78, 5) is 12.7. The number of nitrogen functional groups attached to an aromatic ring is 1. The van der Waals surface area contributed by atoms with Crippen LogP contribution in [0.3, 0.4) is 0 Å². The Morgan fingerprint density at radius 3 is 2.56 bits per heavy atom. The second-order valence-corrected chi connectivity index (χ2v) is 6.44. The molecule has 5 heteroatoms. The van der Waals surface area contributed by atoms with E-state index in [2.05, 4.69) is 35.7 Å². The number of unbranched alkanes of at least 4 members (excludes halogenated alkanes) is 1. The molecule has 0 atom stereocenters. The van der Waals surface area contributed by atoms with Gasteiger partial charge in [-0.1, -0.05) is 46.1 Å². The first-order chi connectivity index (χ1) is 12.0. The highest BCUT2D eigenvalue weighted by molar-refractivity contribution is 5.87. The minimum absolute atomic E-state index is 0.376. The van der Waals surface area contributed by atoms with Crippen molar-refractivity contribution < 1.29 is 0 Å². The van der Waals surface area contributed by atoms with Crippen LogP contribution in [0.25, 0.3) is 0 Å². The number of anilines is 1. The van der Waals surface area contributed by atoms with E-state index in [-0.39, 0.29) is 0 Å². The van der Waals surface area contributed by atoms with E-state index in [0.717, 1.165) is 22.9 Å². The maximum absolute atomic E-state index is 5.88. The van der Waals surface area contributed by atoms with Crippen molar-refractivity contribution >= 4 is 17.7 Å². The van der Waals surface area contributed by atoms with Gasteiger partial charge in [0.25, 0.3) is 0 Å². The van der Waals surface area contributed by atoms with Gasteiger partial charge in [0, 0.05) is 35.9 Å². The molecule has 0 saturated heterocycles. The second kappa shape index (κ2) is 11.3. The number of aromatic nitrogens is 2. The normalized spacial score (nSPS) is 10.8. The van der Waals surface area contributed by atoms with Crippen molar-refractivity contribution in [3.05, 3.63) is 47.4 Å². The van der Waals surface area contributed by atoms with Crippen molar-refractivity contribution in [2.75, 3.05) is 5.73 Å². The molecule has 2 aromatic heterocycles. The van der Waals surface area contributed by atoms with E-state index in [4.69, 9.17) is 11.5 Å². The lowest BCUT2D eigenvalue weighted by molar-refractivity contribution is 0.550. The predicted octanol–water partition coefficient (Wildman–Crippen LogP) is 4.41. The third-order valence-corrected chi connectivity index (χ3v) is 3.58. The van der Waals surface area contributed by atoms with Crippen molar-refractivity contribution in [2.24, 2.45) is 16.6 Å². The number of nitrogens with two attached hydrogens (primary N) is 2. The van der Waals surface area contributed by atoms with Gasteiger partial charge in [-0.15, -0.1) is 0 Å². The molecule has 0 fully saturated rings. The first-order valence-electron chi connectivity index (χ1n) is 8.88. The van der Waals surface area contributed by atoms with Crippen LogP contribution in [0.4, 0.5) is 11.5 Å². The summed E-state index contributed by atoms with van der Waals surface area (Å²) in [5.74, 6) is 1.55. The van der Waals surface area contributed by atoms with Crippen LogP contribution in [0.1, 0.15) is 57.0 Å². The molecule has 0 bridgehead atoms. The molecular weight excluding hydrogens is 310 g/mol. The zero-order valence-electron chi connectivity index (χ0n) is 15.9. The van der Waals surface area contributed by atoms with Gasteiger partial charge in [0.2, 0.25) is 0 Å². The largest absolute Gasteiger partial charge is 0.398 e. The highest BCUT2D eigenvalue weighted by atomic mass is 14.9. The number of hydrogen-bond donors (Lipinski definition) is 2. The maximum atomic E-state index is 5.88. The van der Waals surface area contributed by atoms with Crippen molar-refractivity contribution in [1.82, 2.24) is 9.97 Å². The second-order valence-electron chi connectivity index (χ2n) is 6.44. The Hall–Kier alpha value is -2.27. The van der Waals surface area contributed by atoms with Gasteiger partial charge in [-0.25, -0.2) is 9.98 Å². The molecule has 0 radical (unpaired) electrons. The summed E-state index contributed by atoms with van der Waals surface area (Å²) in [6, 6.07) is 7.42. The molecule has 25 heavy (non-hydrogen) atoms. The summed E-state index contributed by atoms with van der Waals surface area (Å²) in [6.45, 7) is 9.08. The van der Waals surface area contributed by atoms with E-state index >= 15 is 0 Å². The predicted molar refractivity (Wildman–Crippen MR) is 107 cm³/mol. The molecule has 0 aliphatic carbocycles. The molecule has 0 spiro atoms. The molecule has 0 saturated carbocycles. The van der Waals surface area contributed by atoms with Gasteiger partial charge in [-0.3, -0.25) is 4.98 Å². The van der Waals surface area contributed by atoms with E-state index in [1.165, 1.54) is 19.3 Å². The molecule has 0 aromatic carbocycles. The number of hydrogen-bond acceptors (Lipinski definition) is 5. The van der Waals surface area contributed by atoms with Gasteiger partial charge >= 0.3 is 0 Å². The van der Waals surface area contributed by atoms with Gasteiger partial charge in [0.1, 0.15) is 0 Å². The lowest BCUT2D eigenvalue weighted by Crippen LogP contribution is -2.03. The van der Waals surface area contributed by atoms with Gasteiger partial charge in [0.15, 0.2) is 5.82 Å². The molecular formula is C20H31N5. The number of rotatable bonds is 6. The fraction of sp³-hybridized carbons (Fsp3) is 0.450. The zero-order chi connectivity index (χ0) is 18.7. The number of nitrogens with zero attached hydrogens (tertiary/aromatic N) is 3. The first kappa shape index (κ1) is 20.8. The fourth-order valence-corrected chi connectivity index (χ4v) is 2.10. The first-order valence-corrected chi connectivity index (χ1v) is 8.88. The van der Waals surface area contributed by atoms with E-state index in [0.29, 0.717) is 18.1 Å². The number of aliphatic imine (C=N–C) groups is 1. The molecule has 0 aliphatic heterocycles. The quantitative estimate of drug-likeness (QED) is 0.761. The van der Waals surface area contributed by atoms with Gasteiger partial charge in [0.05, 0.1) is 5.69 Å². The summed E-state index contributed by atoms with van der Waals surface area (Å²) >= 11 is 0. The zero-order valence-corrected chi connectivity index (χ0v) is 15.9. The summed E-state index contributed by atoms with van der Waals surface area (Å²) in [7, 11) is 0. The Morgan fingerprint density at radius 1 is 1.28 bits per heavy atom. The lowest BCUT2D eigenvalue weighted by Gasteiger charge is -2.02. The average molecular weight is 342 g/mol. The van der Waals surface area contributed by atoms with Gasteiger partial charge in [-0.2, -0.15) is 0 Å². The Morgan fingerprint density at radius 2 is 2.04 bits per heavy atom. The molecule has 4 N–H and O–H groups in total. The van der Waals surface area contributed by atoms with Gasteiger partial charge < -0.3 is 11.5 Å². The monoisotopic (exact) mass is 341 g/mol. The van der Waals surface area contributed by atoms with Crippen molar-refractivity contribution in [1.29, 1.82) is 0 Å². The van der Waals surface area contributed by atoms with Crippen LogP contribution in [0.5, 0.6) is 0 Å². The van der Waals surface area contributed by atoms with Crippen LogP contribution >= 0.6 is 0 Å². The number of aryl methyl sites for hydroxylation is 1.